The van der Waals surface area contributed by atoms with E-state index in [9.17, 15) is 4.39 Å². The summed E-state index contributed by atoms with van der Waals surface area (Å²) in [5.74, 6) is 5.90. The zero-order chi connectivity index (χ0) is 13.8. The van der Waals surface area contributed by atoms with E-state index in [1.165, 1.54) is 12.1 Å². The fraction of sp³-hybridized carbons (Fsp3) is 0.214. The van der Waals surface area contributed by atoms with Gasteiger partial charge in [-0.25, -0.2) is 9.82 Å². The second-order valence-electron chi connectivity index (χ2n) is 4.25. The Morgan fingerprint density at radius 1 is 1.37 bits per heavy atom. The van der Waals surface area contributed by atoms with Gasteiger partial charge < -0.3 is 4.74 Å². The Balaban J connectivity index is 2.49. The molecule has 0 fully saturated rings. The molecule has 5 heteroatoms. The summed E-state index contributed by atoms with van der Waals surface area (Å²) in [5.41, 5.74) is 4.81. The highest BCUT2D eigenvalue weighted by molar-refractivity contribution is 5.38. The van der Waals surface area contributed by atoms with Crippen LogP contribution in [-0.2, 0) is 0 Å². The van der Waals surface area contributed by atoms with Gasteiger partial charge in [-0.05, 0) is 42.3 Å². The molecule has 3 N–H and O–H groups in total. The monoisotopic (exact) mass is 261 g/mol. The third-order valence-corrected chi connectivity index (χ3v) is 2.86. The predicted octanol–water partition coefficient (Wildman–Crippen LogP) is 2.09. The molecule has 0 bridgehead atoms. The van der Waals surface area contributed by atoms with Crippen molar-refractivity contribution in [2.75, 3.05) is 7.11 Å². The third-order valence-electron chi connectivity index (χ3n) is 2.86. The average Bonchev–Trinajstić information content (AvgIpc) is 2.39. The van der Waals surface area contributed by atoms with Gasteiger partial charge in [-0.3, -0.25) is 10.8 Å². The molecule has 2 rings (SSSR count). The van der Waals surface area contributed by atoms with Gasteiger partial charge in [0, 0.05) is 6.20 Å². The minimum Gasteiger partial charge on any atom is -0.495 e. The number of pyridine rings is 1. The summed E-state index contributed by atoms with van der Waals surface area (Å²) in [6.07, 6.45) is 1.65. The van der Waals surface area contributed by atoms with Crippen LogP contribution in [0.15, 0.2) is 36.5 Å². The van der Waals surface area contributed by atoms with E-state index in [1.807, 2.05) is 13.0 Å². The van der Waals surface area contributed by atoms with Gasteiger partial charge in [-0.2, -0.15) is 0 Å². The number of rotatable bonds is 4. The number of halogens is 1. The van der Waals surface area contributed by atoms with Crippen LogP contribution in [0.3, 0.4) is 0 Å². The summed E-state index contributed by atoms with van der Waals surface area (Å²) in [6, 6.07) is 7.90. The van der Waals surface area contributed by atoms with Crippen molar-refractivity contribution in [3.05, 3.63) is 59.2 Å². The molecule has 19 heavy (non-hydrogen) atoms. The number of nitrogens with one attached hydrogen (secondary N) is 1. The van der Waals surface area contributed by atoms with Crippen molar-refractivity contribution >= 4 is 0 Å². The number of hydrogen-bond donors (Lipinski definition) is 2. The highest BCUT2D eigenvalue weighted by Crippen LogP contribution is 2.28. The lowest BCUT2D eigenvalue weighted by Crippen LogP contribution is -2.30. The molecule has 0 aliphatic rings. The number of ether oxygens (including phenoxy) is 1. The van der Waals surface area contributed by atoms with Crippen LogP contribution >= 0.6 is 0 Å². The van der Waals surface area contributed by atoms with Crippen LogP contribution in [0, 0.1) is 12.7 Å². The van der Waals surface area contributed by atoms with Crippen LogP contribution in [0.4, 0.5) is 4.39 Å². The average molecular weight is 261 g/mol. The molecule has 1 aromatic carbocycles. The number of methoxy groups -OCH3 is 1. The van der Waals surface area contributed by atoms with E-state index in [1.54, 1.807) is 25.4 Å². The molecule has 2 aromatic rings. The molecule has 1 atom stereocenters. The molecule has 0 radical (unpaired) electrons. The van der Waals surface area contributed by atoms with Gasteiger partial charge in [0.2, 0.25) is 0 Å². The van der Waals surface area contributed by atoms with Gasteiger partial charge in [0.15, 0.2) is 0 Å². The first-order valence-corrected chi connectivity index (χ1v) is 5.88. The van der Waals surface area contributed by atoms with E-state index in [4.69, 9.17) is 10.6 Å². The Morgan fingerprint density at radius 3 is 2.79 bits per heavy atom. The van der Waals surface area contributed by atoms with Gasteiger partial charge in [-0.1, -0.05) is 6.07 Å². The Labute approximate surface area is 111 Å². The van der Waals surface area contributed by atoms with Crippen molar-refractivity contribution in [2.24, 2.45) is 5.84 Å². The maximum absolute atomic E-state index is 13.5. The van der Waals surface area contributed by atoms with Crippen LogP contribution < -0.4 is 16.0 Å². The lowest BCUT2D eigenvalue weighted by atomic mass is 10.0. The quantitative estimate of drug-likeness (QED) is 0.653. The lowest BCUT2D eigenvalue weighted by molar-refractivity contribution is 0.400. The summed E-state index contributed by atoms with van der Waals surface area (Å²) in [5, 5.41) is 0. The first kappa shape index (κ1) is 13.5. The molecule has 0 spiro atoms. The molecule has 1 heterocycles. The third kappa shape index (κ3) is 2.89. The smallest absolute Gasteiger partial charge is 0.142 e. The fourth-order valence-electron chi connectivity index (χ4n) is 2.06. The largest absolute Gasteiger partial charge is 0.495 e. The number of aryl methyl sites for hydroxylation is 1. The summed E-state index contributed by atoms with van der Waals surface area (Å²) in [7, 11) is 1.56. The van der Waals surface area contributed by atoms with Gasteiger partial charge in [-0.15, -0.1) is 0 Å². The van der Waals surface area contributed by atoms with Crippen molar-refractivity contribution in [2.45, 2.75) is 13.0 Å². The normalized spacial score (nSPS) is 12.2. The zero-order valence-corrected chi connectivity index (χ0v) is 10.9. The molecule has 1 aromatic heterocycles. The van der Waals surface area contributed by atoms with E-state index >= 15 is 0 Å². The van der Waals surface area contributed by atoms with Crippen molar-refractivity contribution in [1.82, 2.24) is 10.4 Å². The molecular weight excluding hydrogens is 245 g/mol. The van der Waals surface area contributed by atoms with Crippen molar-refractivity contribution < 1.29 is 9.13 Å². The number of benzene rings is 1. The second kappa shape index (κ2) is 5.77. The molecule has 0 saturated carbocycles. The molecule has 4 nitrogen and oxygen atoms in total. The first-order chi connectivity index (χ1) is 9.15. The van der Waals surface area contributed by atoms with Gasteiger partial charge in [0.25, 0.3) is 0 Å². The minimum absolute atomic E-state index is 0.301. The molecular formula is C14H16FN3O. The Hall–Kier alpha value is -1.98. The van der Waals surface area contributed by atoms with Gasteiger partial charge in [0.05, 0.1) is 13.2 Å². The fourth-order valence-corrected chi connectivity index (χ4v) is 2.06. The van der Waals surface area contributed by atoms with E-state index < -0.39 is 6.04 Å². The maximum Gasteiger partial charge on any atom is 0.142 e. The Morgan fingerprint density at radius 2 is 2.16 bits per heavy atom. The molecule has 100 valence electrons. The van der Waals surface area contributed by atoms with Gasteiger partial charge >= 0.3 is 0 Å². The van der Waals surface area contributed by atoms with E-state index in [2.05, 4.69) is 10.4 Å². The van der Waals surface area contributed by atoms with E-state index in [0.29, 0.717) is 17.0 Å². The zero-order valence-electron chi connectivity index (χ0n) is 10.9. The van der Waals surface area contributed by atoms with Crippen LogP contribution in [0.1, 0.15) is 22.9 Å². The molecule has 0 amide bonds. The topological polar surface area (TPSA) is 60.2 Å². The molecule has 0 saturated heterocycles. The van der Waals surface area contributed by atoms with Crippen molar-refractivity contribution in [3.63, 3.8) is 0 Å². The number of hydrazine groups is 1. The molecule has 0 aliphatic carbocycles. The number of nitrogens with two attached hydrogens (primary N) is 1. The lowest BCUT2D eigenvalue weighted by Gasteiger charge is -2.18. The summed E-state index contributed by atoms with van der Waals surface area (Å²) in [6.45, 7) is 1.83. The number of nitrogens with zero attached hydrogens (tertiary/aromatic N) is 1. The standard InChI is InChI=1S/C14H16FN3O/c1-9-6-10(8-11(15)7-9)13(18-16)14-12(19-2)4-3-5-17-14/h3-8,13,18H,16H2,1-2H3. The summed E-state index contributed by atoms with van der Waals surface area (Å²) in [4.78, 5) is 4.27. The summed E-state index contributed by atoms with van der Waals surface area (Å²) >= 11 is 0. The van der Waals surface area contributed by atoms with Crippen LogP contribution in [0.2, 0.25) is 0 Å². The minimum atomic E-state index is -0.425. The van der Waals surface area contributed by atoms with Crippen LogP contribution in [0.25, 0.3) is 0 Å². The van der Waals surface area contributed by atoms with Gasteiger partial charge in [0.1, 0.15) is 17.3 Å². The van der Waals surface area contributed by atoms with Crippen LogP contribution in [0.5, 0.6) is 5.75 Å². The molecule has 1 unspecified atom stereocenters. The highest BCUT2D eigenvalue weighted by atomic mass is 19.1. The molecule has 0 aliphatic heterocycles. The predicted molar refractivity (Wildman–Crippen MR) is 71.1 cm³/mol. The van der Waals surface area contributed by atoms with Crippen LogP contribution in [-0.4, -0.2) is 12.1 Å². The second-order valence-corrected chi connectivity index (χ2v) is 4.25. The Kier molecular flexibility index (Phi) is 4.09. The van der Waals surface area contributed by atoms with E-state index in [-0.39, 0.29) is 5.82 Å². The number of aromatic nitrogens is 1. The van der Waals surface area contributed by atoms with Crippen molar-refractivity contribution in [1.29, 1.82) is 0 Å². The highest BCUT2D eigenvalue weighted by Gasteiger charge is 2.19. The van der Waals surface area contributed by atoms with Crippen molar-refractivity contribution in [3.8, 4) is 5.75 Å². The first-order valence-electron chi connectivity index (χ1n) is 5.88. The Bertz CT molecular complexity index is 554. The SMILES string of the molecule is COc1cccnc1C(NN)c1cc(C)cc(F)c1. The number of hydrogen-bond acceptors (Lipinski definition) is 4. The summed E-state index contributed by atoms with van der Waals surface area (Å²) < 4.78 is 18.8. The maximum atomic E-state index is 13.5. The van der Waals surface area contributed by atoms with E-state index in [0.717, 1.165) is 5.56 Å².